The molecule has 0 heterocycles. The highest BCUT2D eigenvalue weighted by atomic mass is 16.5. The quantitative estimate of drug-likeness (QED) is 0.158. The lowest BCUT2D eigenvalue weighted by atomic mass is 9.51. The monoisotopic (exact) mass is 554 g/mol. The lowest BCUT2D eigenvalue weighted by Gasteiger charge is -2.54. The number of hydrogen-bond acceptors (Lipinski definition) is 4. The van der Waals surface area contributed by atoms with Gasteiger partial charge in [0.15, 0.2) is 0 Å². The number of rotatable bonds is 16. The number of hydrogen-bond donors (Lipinski definition) is 2. The molecule has 2 fully saturated rings. The number of carbonyl (C=O) groups is 1. The molecule has 4 rings (SSSR count). The van der Waals surface area contributed by atoms with Gasteiger partial charge in [0.05, 0.1) is 18.6 Å². The van der Waals surface area contributed by atoms with Crippen molar-refractivity contribution in [1.82, 2.24) is 0 Å². The number of phenols is 1. The third-order valence-electron chi connectivity index (χ3n) is 11.2. The maximum atomic E-state index is 12.4. The number of ether oxygens (including phenoxy) is 1. The molecular formula is C36H58O4. The Kier molecular flexibility index (Phi) is 11.8. The first kappa shape index (κ1) is 31.4. The number of esters is 1. The average Bonchev–Trinajstić information content (AvgIpc) is 3.24. The molecule has 40 heavy (non-hydrogen) atoms. The van der Waals surface area contributed by atoms with Gasteiger partial charge in [0, 0.05) is 0 Å². The van der Waals surface area contributed by atoms with Gasteiger partial charge in [-0.15, -0.1) is 0 Å². The van der Waals surface area contributed by atoms with Crippen LogP contribution in [0.1, 0.15) is 147 Å². The lowest BCUT2D eigenvalue weighted by molar-refractivity contribution is -0.148. The molecule has 3 aliphatic carbocycles. The number of carbonyl (C=O) groups excluding carboxylic acids is 1. The van der Waals surface area contributed by atoms with E-state index < -0.39 is 0 Å². The standard InChI is InChI=1S/C36H58O4/c1-4-6-7-12-15-26(35(39)40-5-2)16-13-10-8-9-11-14-17-28-25-36(3)32(22-23-33(36)38)31-20-18-27-24-29(37)19-21-30(27)34(28)31/h19,21,24,26,28,31-34,37-38H,4-18,20,22-23,25H2,1-3H3/t26?,28-,31?,32?,33?,34?,36-/m0/s1. The summed E-state index contributed by atoms with van der Waals surface area (Å²) in [4.78, 5) is 12.4. The number of aromatic hydroxyl groups is 1. The van der Waals surface area contributed by atoms with Crippen LogP contribution < -0.4 is 0 Å². The number of fused-ring (bicyclic) bond motifs is 5. The van der Waals surface area contributed by atoms with Crippen molar-refractivity contribution in [2.45, 2.75) is 148 Å². The molecule has 3 aliphatic rings. The largest absolute Gasteiger partial charge is 0.508 e. The zero-order valence-electron chi connectivity index (χ0n) is 25.8. The molecule has 0 aromatic heterocycles. The summed E-state index contributed by atoms with van der Waals surface area (Å²) in [5.74, 6) is 3.03. The molecule has 2 saturated carbocycles. The molecule has 0 bridgehead atoms. The Labute approximate surface area is 244 Å². The number of aliphatic hydroxyl groups is 1. The Hall–Kier alpha value is -1.55. The minimum atomic E-state index is -0.146. The number of aliphatic hydroxyl groups excluding tert-OH is 1. The van der Waals surface area contributed by atoms with Crippen LogP contribution in [-0.4, -0.2) is 28.9 Å². The van der Waals surface area contributed by atoms with E-state index in [4.69, 9.17) is 4.74 Å². The lowest BCUT2D eigenvalue weighted by Crippen LogP contribution is -2.47. The van der Waals surface area contributed by atoms with Gasteiger partial charge in [0.2, 0.25) is 0 Å². The van der Waals surface area contributed by atoms with Gasteiger partial charge in [0.25, 0.3) is 0 Å². The fraction of sp³-hybridized carbons (Fsp3) is 0.806. The first-order chi connectivity index (χ1) is 19.4. The van der Waals surface area contributed by atoms with Crippen molar-refractivity contribution in [3.05, 3.63) is 29.3 Å². The SMILES string of the molecule is CCCCCCC(CCCCCCCC[C@H]1C[C@]2(C)C(O)CCC2C2CCc3cc(O)ccc3C21)C(=O)OCC. The maximum Gasteiger partial charge on any atom is 0.308 e. The number of phenolic OH excluding ortho intramolecular Hbond substituents is 1. The highest BCUT2D eigenvalue weighted by Gasteiger charge is 2.57. The molecule has 0 spiro atoms. The summed E-state index contributed by atoms with van der Waals surface area (Å²) in [6.07, 6.45) is 20.9. The van der Waals surface area contributed by atoms with Gasteiger partial charge in [-0.3, -0.25) is 4.79 Å². The fourth-order valence-corrected chi connectivity index (χ4v) is 9.09. The topological polar surface area (TPSA) is 66.8 Å². The summed E-state index contributed by atoms with van der Waals surface area (Å²) >= 11 is 0. The molecule has 7 atom stereocenters. The molecule has 4 nitrogen and oxygen atoms in total. The van der Waals surface area contributed by atoms with Gasteiger partial charge >= 0.3 is 5.97 Å². The Morgan fingerprint density at radius 3 is 2.40 bits per heavy atom. The highest BCUT2D eigenvalue weighted by Crippen LogP contribution is 2.63. The minimum absolute atomic E-state index is 0.0209. The molecule has 1 aromatic rings. The number of unbranched alkanes of at least 4 members (excludes halogenated alkanes) is 8. The Morgan fingerprint density at radius 1 is 0.975 bits per heavy atom. The zero-order chi connectivity index (χ0) is 28.5. The van der Waals surface area contributed by atoms with Crippen molar-refractivity contribution in [2.24, 2.45) is 29.1 Å². The van der Waals surface area contributed by atoms with Gasteiger partial charge in [0.1, 0.15) is 5.75 Å². The second-order valence-corrected chi connectivity index (χ2v) is 13.8. The van der Waals surface area contributed by atoms with Crippen LogP contribution in [0.4, 0.5) is 0 Å². The summed E-state index contributed by atoms with van der Waals surface area (Å²) in [6, 6.07) is 6.13. The van der Waals surface area contributed by atoms with Crippen molar-refractivity contribution < 1.29 is 19.7 Å². The third kappa shape index (κ3) is 7.44. The van der Waals surface area contributed by atoms with Crippen molar-refractivity contribution in [1.29, 1.82) is 0 Å². The molecular weight excluding hydrogens is 496 g/mol. The summed E-state index contributed by atoms with van der Waals surface area (Å²) < 4.78 is 5.37. The Bertz CT molecular complexity index is 927. The van der Waals surface area contributed by atoms with Gasteiger partial charge in [-0.2, -0.15) is 0 Å². The maximum absolute atomic E-state index is 12.4. The first-order valence-corrected chi connectivity index (χ1v) is 17.1. The van der Waals surface area contributed by atoms with E-state index in [-0.39, 0.29) is 23.4 Å². The zero-order valence-corrected chi connectivity index (χ0v) is 25.8. The van der Waals surface area contributed by atoms with Crippen LogP contribution >= 0.6 is 0 Å². The molecule has 0 amide bonds. The first-order valence-electron chi connectivity index (χ1n) is 17.1. The fourth-order valence-electron chi connectivity index (χ4n) is 9.09. The van der Waals surface area contributed by atoms with Gasteiger partial charge in [-0.05, 0) is 111 Å². The van der Waals surface area contributed by atoms with Crippen LogP contribution in [-0.2, 0) is 16.0 Å². The summed E-state index contributed by atoms with van der Waals surface area (Å²) in [6.45, 7) is 7.01. The average molecular weight is 555 g/mol. The van der Waals surface area contributed by atoms with Gasteiger partial charge in [-0.25, -0.2) is 0 Å². The van der Waals surface area contributed by atoms with Gasteiger partial charge in [-0.1, -0.05) is 84.1 Å². The van der Waals surface area contributed by atoms with Crippen LogP contribution in [0.25, 0.3) is 0 Å². The number of benzene rings is 1. The predicted molar refractivity (Wildman–Crippen MR) is 163 cm³/mol. The third-order valence-corrected chi connectivity index (χ3v) is 11.2. The van der Waals surface area contributed by atoms with Crippen molar-refractivity contribution in [2.75, 3.05) is 6.61 Å². The molecule has 1 aromatic carbocycles. The summed E-state index contributed by atoms with van der Waals surface area (Å²) in [5, 5.41) is 21.1. The van der Waals surface area contributed by atoms with Crippen molar-refractivity contribution in [3.63, 3.8) is 0 Å². The normalized spacial score (nSPS) is 29.9. The molecule has 226 valence electrons. The second kappa shape index (κ2) is 15.1. The molecule has 4 heteroatoms. The smallest absolute Gasteiger partial charge is 0.308 e. The Morgan fingerprint density at radius 2 is 1.68 bits per heavy atom. The van der Waals surface area contributed by atoms with Crippen LogP contribution in [0.5, 0.6) is 5.75 Å². The summed E-state index contributed by atoms with van der Waals surface area (Å²) in [7, 11) is 0. The second-order valence-electron chi connectivity index (χ2n) is 13.8. The molecule has 5 unspecified atom stereocenters. The molecule has 0 saturated heterocycles. The van der Waals surface area contributed by atoms with E-state index in [0.717, 1.165) is 44.9 Å². The van der Waals surface area contributed by atoms with E-state index in [1.807, 2.05) is 19.1 Å². The van der Waals surface area contributed by atoms with Crippen molar-refractivity contribution >= 4 is 5.97 Å². The van der Waals surface area contributed by atoms with Crippen LogP contribution in [0.2, 0.25) is 0 Å². The molecule has 0 aliphatic heterocycles. The number of aryl methyl sites for hydroxylation is 1. The van der Waals surface area contributed by atoms with E-state index in [0.29, 0.717) is 36.0 Å². The molecule has 2 N–H and O–H groups in total. The van der Waals surface area contributed by atoms with Crippen LogP contribution in [0, 0.1) is 29.1 Å². The summed E-state index contributed by atoms with van der Waals surface area (Å²) in [5.41, 5.74) is 2.93. The van der Waals surface area contributed by atoms with Crippen LogP contribution in [0.15, 0.2) is 18.2 Å². The van der Waals surface area contributed by atoms with E-state index >= 15 is 0 Å². The van der Waals surface area contributed by atoms with E-state index in [1.54, 1.807) is 0 Å². The van der Waals surface area contributed by atoms with E-state index in [1.165, 1.54) is 81.8 Å². The van der Waals surface area contributed by atoms with Crippen LogP contribution in [0.3, 0.4) is 0 Å². The predicted octanol–water partition coefficient (Wildman–Crippen LogP) is 9.11. The van der Waals surface area contributed by atoms with Gasteiger partial charge < -0.3 is 14.9 Å². The minimum Gasteiger partial charge on any atom is -0.508 e. The highest BCUT2D eigenvalue weighted by molar-refractivity contribution is 5.72. The van der Waals surface area contributed by atoms with Crippen molar-refractivity contribution in [3.8, 4) is 5.75 Å². The Balaban J connectivity index is 1.24. The molecule has 0 radical (unpaired) electrons. The van der Waals surface area contributed by atoms with E-state index in [2.05, 4.69) is 19.9 Å². The van der Waals surface area contributed by atoms with E-state index in [9.17, 15) is 15.0 Å².